The normalized spacial score (nSPS) is 10.8. The lowest BCUT2D eigenvalue weighted by atomic mass is 10.1. The molecule has 0 spiro atoms. The lowest BCUT2D eigenvalue weighted by molar-refractivity contribution is -0.142. The van der Waals surface area contributed by atoms with Gasteiger partial charge < -0.3 is 19.4 Å². The third-order valence-corrected chi connectivity index (χ3v) is 6.42. The van der Waals surface area contributed by atoms with Crippen LogP contribution in [0.25, 0.3) is 0 Å². The molecule has 3 aromatic rings. The van der Waals surface area contributed by atoms with Crippen LogP contribution in [0.2, 0.25) is 0 Å². The first-order valence-electron chi connectivity index (χ1n) is 9.97. The number of amides is 1. The van der Waals surface area contributed by atoms with Crippen molar-refractivity contribution in [3.63, 3.8) is 0 Å². The molecule has 0 atom stereocenters. The molecule has 0 saturated carbocycles. The Labute approximate surface area is 194 Å². The Balaban J connectivity index is 1.49. The molecule has 2 aromatic heterocycles. The van der Waals surface area contributed by atoms with E-state index >= 15 is 0 Å². The molecule has 0 radical (unpaired) electrons. The zero-order valence-electron chi connectivity index (χ0n) is 18.4. The number of thioether (sulfide) groups is 1. The summed E-state index contributed by atoms with van der Waals surface area (Å²) >= 11 is 2.53. The molecule has 0 fully saturated rings. The van der Waals surface area contributed by atoms with Crippen LogP contribution in [0, 0.1) is 13.8 Å². The molecule has 32 heavy (non-hydrogen) atoms. The van der Waals surface area contributed by atoms with Crippen LogP contribution in [0.15, 0.2) is 28.7 Å². The predicted molar refractivity (Wildman–Crippen MR) is 123 cm³/mol. The maximum atomic E-state index is 12.3. The Morgan fingerprint density at radius 3 is 2.84 bits per heavy atom. The van der Waals surface area contributed by atoms with E-state index in [4.69, 9.17) is 9.47 Å². The smallest absolute Gasteiger partial charge is 0.311 e. The summed E-state index contributed by atoms with van der Waals surface area (Å²) in [6.45, 7) is 6.41. The SMILES string of the molecule is CCOC(=O)Cc1csc(NC(=O)CSc2nnc(COc3cccc(C)c3C)n2C)n1. The van der Waals surface area contributed by atoms with Crippen LogP contribution in [0.1, 0.15) is 29.6 Å². The fourth-order valence-corrected chi connectivity index (χ4v) is 4.17. The molecule has 11 heteroatoms. The summed E-state index contributed by atoms with van der Waals surface area (Å²) in [5, 5.41) is 13.8. The summed E-state index contributed by atoms with van der Waals surface area (Å²) in [6, 6.07) is 5.92. The summed E-state index contributed by atoms with van der Waals surface area (Å²) in [5.74, 6) is 1.06. The largest absolute Gasteiger partial charge is 0.485 e. The van der Waals surface area contributed by atoms with Crippen molar-refractivity contribution in [1.82, 2.24) is 19.7 Å². The van der Waals surface area contributed by atoms with Gasteiger partial charge in [0.15, 0.2) is 16.1 Å². The van der Waals surface area contributed by atoms with Gasteiger partial charge in [0, 0.05) is 12.4 Å². The fraction of sp³-hybridized carbons (Fsp3) is 0.381. The van der Waals surface area contributed by atoms with Gasteiger partial charge in [0.25, 0.3) is 0 Å². The Morgan fingerprint density at radius 2 is 2.06 bits per heavy atom. The van der Waals surface area contributed by atoms with Crippen molar-refractivity contribution in [1.29, 1.82) is 0 Å². The Hall–Kier alpha value is -2.92. The number of thiazole rings is 1. The molecule has 0 aliphatic rings. The highest BCUT2D eigenvalue weighted by Crippen LogP contribution is 2.23. The quantitative estimate of drug-likeness (QED) is 0.351. The summed E-state index contributed by atoms with van der Waals surface area (Å²) in [7, 11) is 1.84. The summed E-state index contributed by atoms with van der Waals surface area (Å²) in [4.78, 5) is 28.0. The Bertz CT molecular complexity index is 1100. The molecular weight excluding hydrogens is 450 g/mol. The van der Waals surface area contributed by atoms with E-state index in [2.05, 4.69) is 20.5 Å². The minimum absolute atomic E-state index is 0.0841. The van der Waals surface area contributed by atoms with E-state index in [1.54, 1.807) is 12.3 Å². The second kappa shape index (κ2) is 11.1. The predicted octanol–water partition coefficient (Wildman–Crippen LogP) is 3.30. The van der Waals surface area contributed by atoms with E-state index in [1.807, 2.05) is 43.7 Å². The second-order valence-electron chi connectivity index (χ2n) is 6.91. The molecule has 2 heterocycles. The van der Waals surface area contributed by atoms with E-state index in [1.165, 1.54) is 23.1 Å². The van der Waals surface area contributed by atoms with Crippen molar-refractivity contribution in [2.24, 2.45) is 7.05 Å². The lowest BCUT2D eigenvalue weighted by Gasteiger charge is -2.10. The number of hydrogen-bond donors (Lipinski definition) is 1. The van der Waals surface area contributed by atoms with Gasteiger partial charge in [-0.25, -0.2) is 4.98 Å². The van der Waals surface area contributed by atoms with Crippen molar-refractivity contribution >= 4 is 40.1 Å². The highest BCUT2D eigenvalue weighted by atomic mass is 32.2. The standard InChI is InChI=1S/C21H25N5O4S2/c1-5-29-19(28)9-15-11-31-20(22-15)23-18(27)12-32-21-25-24-17(26(21)4)10-30-16-8-6-7-13(2)14(16)3/h6-8,11H,5,9-10,12H2,1-4H3,(H,22,23,27). The molecule has 170 valence electrons. The number of benzene rings is 1. The number of anilines is 1. The first-order valence-corrected chi connectivity index (χ1v) is 11.8. The van der Waals surface area contributed by atoms with Crippen LogP contribution in [-0.2, 0) is 34.4 Å². The topological polar surface area (TPSA) is 108 Å². The highest BCUT2D eigenvalue weighted by Gasteiger charge is 2.14. The van der Waals surface area contributed by atoms with Crippen LogP contribution in [0.5, 0.6) is 5.75 Å². The zero-order valence-corrected chi connectivity index (χ0v) is 20.0. The minimum atomic E-state index is -0.342. The van der Waals surface area contributed by atoms with Gasteiger partial charge >= 0.3 is 5.97 Å². The van der Waals surface area contributed by atoms with Crippen LogP contribution in [-0.4, -0.2) is 44.0 Å². The Kier molecular flexibility index (Phi) is 8.23. The van der Waals surface area contributed by atoms with E-state index in [0.717, 1.165) is 16.9 Å². The van der Waals surface area contributed by atoms with E-state index < -0.39 is 0 Å². The van der Waals surface area contributed by atoms with Gasteiger partial charge in [-0.2, -0.15) is 0 Å². The molecule has 0 saturated heterocycles. The molecule has 1 N–H and O–H groups in total. The molecule has 0 aliphatic carbocycles. The zero-order chi connectivity index (χ0) is 23.1. The van der Waals surface area contributed by atoms with E-state index in [9.17, 15) is 9.59 Å². The molecule has 0 aliphatic heterocycles. The maximum Gasteiger partial charge on any atom is 0.311 e. The first kappa shape index (κ1) is 23.7. The van der Waals surface area contributed by atoms with Crippen molar-refractivity contribution in [3.8, 4) is 5.75 Å². The summed E-state index contributed by atoms with van der Waals surface area (Å²) < 4.78 is 12.6. The van der Waals surface area contributed by atoms with Crippen LogP contribution < -0.4 is 10.1 Å². The van der Waals surface area contributed by atoms with Crippen molar-refractivity contribution in [2.45, 2.75) is 39.0 Å². The number of aryl methyl sites for hydroxylation is 1. The van der Waals surface area contributed by atoms with E-state index in [-0.39, 0.29) is 30.7 Å². The summed E-state index contributed by atoms with van der Waals surface area (Å²) in [6.07, 6.45) is 0.0841. The third kappa shape index (κ3) is 6.30. The number of aromatic nitrogens is 4. The number of nitrogens with zero attached hydrogens (tertiary/aromatic N) is 4. The van der Waals surface area contributed by atoms with Gasteiger partial charge in [-0.3, -0.25) is 9.59 Å². The molecule has 0 unspecified atom stereocenters. The van der Waals surface area contributed by atoms with Crippen molar-refractivity contribution in [2.75, 3.05) is 17.7 Å². The monoisotopic (exact) mass is 475 g/mol. The van der Waals surface area contributed by atoms with Crippen molar-refractivity contribution < 1.29 is 19.1 Å². The number of esters is 1. The number of rotatable bonds is 10. The number of carbonyl (C=O) groups is 2. The third-order valence-electron chi connectivity index (χ3n) is 4.60. The van der Waals surface area contributed by atoms with Crippen LogP contribution in [0.3, 0.4) is 0 Å². The number of carbonyl (C=O) groups excluding carboxylic acids is 2. The van der Waals surface area contributed by atoms with Gasteiger partial charge in [-0.1, -0.05) is 23.9 Å². The van der Waals surface area contributed by atoms with Gasteiger partial charge in [-0.05, 0) is 38.0 Å². The van der Waals surface area contributed by atoms with Crippen LogP contribution >= 0.6 is 23.1 Å². The fourth-order valence-electron chi connectivity index (χ4n) is 2.71. The number of nitrogens with one attached hydrogen (secondary N) is 1. The minimum Gasteiger partial charge on any atom is -0.485 e. The number of ether oxygens (including phenoxy) is 2. The lowest BCUT2D eigenvalue weighted by Crippen LogP contribution is -2.15. The average Bonchev–Trinajstić information content (AvgIpc) is 3.33. The summed E-state index contributed by atoms with van der Waals surface area (Å²) in [5.41, 5.74) is 2.82. The molecule has 0 bridgehead atoms. The molecule has 1 amide bonds. The van der Waals surface area contributed by atoms with Gasteiger partial charge in [0.1, 0.15) is 12.4 Å². The number of hydrogen-bond acceptors (Lipinski definition) is 9. The van der Waals surface area contributed by atoms with E-state index in [0.29, 0.717) is 28.4 Å². The molecular formula is C21H25N5O4S2. The maximum absolute atomic E-state index is 12.3. The average molecular weight is 476 g/mol. The molecule has 9 nitrogen and oxygen atoms in total. The van der Waals surface area contributed by atoms with Gasteiger partial charge in [0.05, 0.1) is 24.5 Å². The van der Waals surface area contributed by atoms with Crippen molar-refractivity contribution in [3.05, 3.63) is 46.2 Å². The Morgan fingerprint density at radius 1 is 1.25 bits per heavy atom. The molecule has 3 rings (SSSR count). The highest BCUT2D eigenvalue weighted by molar-refractivity contribution is 7.99. The first-order chi connectivity index (χ1) is 15.4. The van der Waals surface area contributed by atoms with Crippen LogP contribution in [0.4, 0.5) is 5.13 Å². The second-order valence-corrected chi connectivity index (χ2v) is 8.71. The van der Waals surface area contributed by atoms with Gasteiger partial charge in [-0.15, -0.1) is 21.5 Å². The van der Waals surface area contributed by atoms with Gasteiger partial charge in [0.2, 0.25) is 5.91 Å². The molecule has 1 aromatic carbocycles.